The molecule has 0 saturated carbocycles. The van der Waals surface area contributed by atoms with Gasteiger partial charge in [-0.15, -0.1) is 0 Å². The minimum absolute atomic E-state index is 0.00883. The van der Waals surface area contributed by atoms with Gasteiger partial charge in [-0.2, -0.15) is 0 Å². The number of sulfone groups is 1. The van der Waals surface area contributed by atoms with E-state index in [-0.39, 0.29) is 28.1 Å². The number of anilines is 2. The highest BCUT2D eigenvalue weighted by molar-refractivity contribution is 7.92. The molecule has 160 valence electrons. The van der Waals surface area contributed by atoms with Crippen LogP contribution in [-0.4, -0.2) is 56.3 Å². The van der Waals surface area contributed by atoms with Gasteiger partial charge in [0.1, 0.15) is 44.0 Å². The van der Waals surface area contributed by atoms with Crippen LogP contribution >= 0.6 is 0 Å². The van der Waals surface area contributed by atoms with Gasteiger partial charge in [0.2, 0.25) is 9.84 Å². The molecule has 9 nitrogen and oxygen atoms in total. The largest absolute Gasteiger partial charge is 0.497 e. The van der Waals surface area contributed by atoms with Gasteiger partial charge in [-0.05, 0) is 26.0 Å². The van der Waals surface area contributed by atoms with E-state index in [2.05, 4.69) is 15.0 Å². The molecule has 1 fully saturated rings. The number of benzene rings is 1. The summed E-state index contributed by atoms with van der Waals surface area (Å²) in [5.41, 5.74) is 6.58. The van der Waals surface area contributed by atoms with Crippen molar-refractivity contribution in [2.45, 2.75) is 29.7 Å². The van der Waals surface area contributed by atoms with Crippen LogP contribution in [0, 0.1) is 12.7 Å². The van der Waals surface area contributed by atoms with Crippen molar-refractivity contribution in [3.05, 3.63) is 29.8 Å². The van der Waals surface area contributed by atoms with Crippen molar-refractivity contribution in [1.29, 1.82) is 0 Å². The summed E-state index contributed by atoms with van der Waals surface area (Å²) in [5.74, 6) is 0.0829. The summed E-state index contributed by atoms with van der Waals surface area (Å²) in [6, 6.07) is 3.51. The molecule has 4 rings (SSSR count). The predicted octanol–water partition coefficient (Wildman–Crippen LogP) is 2.05. The molecule has 0 aliphatic carbocycles. The molecule has 2 aromatic heterocycles. The molecule has 0 spiro atoms. The van der Waals surface area contributed by atoms with Gasteiger partial charge in [0, 0.05) is 19.2 Å². The summed E-state index contributed by atoms with van der Waals surface area (Å²) in [4.78, 5) is 12.9. The van der Waals surface area contributed by atoms with E-state index in [0.29, 0.717) is 36.9 Å². The van der Waals surface area contributed by atoms with Crippen molar-refractivity contribution in [3.63, 3.8) is 0 Å². The van der Waals surface area contributed by atoms with E-state index in [1.807, 2.05) is 11.8 Å². The molecular weight excluding hydrogens is 413 g/mol. The maximum atomic E-state index is 14.5. The van der Waals surface area contributed by atoms with Crippen molar-refractivity contribution >= 4 is 32.5 Å². The number of fused-ring (bicyclic) bond motifs is 1. The first-order valence-corrected chi connectivity index (χ1v) is 10.8. The number of nitrogens with one attached hydrogen (secondary N) is 1. The predicted molar refractivity (Wildman–Crippen MR) is 109 cm³/mol. The van der Waals surface area contributed by atoms with E-state index < -0.39 is 20.5 Å². The minimum Gasteiger partial charge on any atom is -0.497 e. The van der Waals surface area contributed by atoms with Gasteiger partial charge in [0.25, 0.3) is 0 Å². The molecule has 1 saturated heterocycles. The van der Waals surface area contributed by atoms with Crippen LogP contribution < -0.4 is 15.4 Å². The second kappa shape index (κ2) is 7.40. The molecule has 3 N–H and O–H groups in total. The fourth-order valence-corrected chi connectivity index (χ4v) is 5.15. The third-order valence-corrected chi connectivity index (χ3v) is 6.80. The van der Waals surface area contributed by atoms with E-state index in [1.165, 1.54) is 13.2 Å². The van der Waals surface area contributed by atoms with Gasteiger partial charge in [-0.1, -0.05) is 0 Å². The number of nitrogen functional groups attached to an aromatic ring is 1. The van der Waals surface area contributed by atoms with Crippen LogP contribution in [-0.2, 0) is 14.6 Å². The number of rotatable bonds is 4. The van der Waals surface area contributed by atoms with Crippen molar-refractivity contribution in [2.24, 2.45) is 0 Å². The second-order valence-corrected chi connectivity index (χ2v) is 8.97. The first-order chi connectivity index (χ1) is 14.2. The Morgan fingerprint density at radius 1 is 1.37 bits per heavy atom. The van der Waals surface area contributed by atoms with Gasteiger partial charge < -0.3 is 25.1 Å². The number of hydrogen-bond donors (Lipinski definition) is 2. The number of hydrogen-bond acceptors (Lipinski definition) is 8. The molecular formula is C19H22FN5O4S. The maximum absolute atomic E-state index is 14.5. The van der Waals surface area contributed by atoms with Crippen molar-refractivity contribution in [2.75, 3.05) is 37.4 Å². The Morgan fingerprint density at radius 2 is 2.13 bits per heavy atom. The van der Waals surface area contributed by atoms with Gasteiger partial charge >= 0.3 is 0 Å². The summed E-state index contributed by atoms with van der Waals surface area (Å²) >= 11 is 0. The summed E-state index contributed by atoms with van der Waals surface area (Å²) in [6.45, 7) is 5.29. The van der Waals surface area contributed by atoms with Crippen molar-refractivity contribution in [1.82, 2.24) is 15.0 Å². The highest BCUT2D eigenvalue weighted by atomic mass is 32.2. The number of nitrogens with two attached hydrogens (primary N) is 1. The van der Waals surface area contributed by atoms with Crippen LogP contribution in [0.1, 0.15) is 12.7 Å². The molecule has 0 bridgehead atoms. The zero-order valence-corrected chi connectivity index (χ0v) is 17.6. The van der Waals surface area contributed by atoms with Gasteiger partial charge in [0.15, 0.2) is 5.82 Å². The standard InChI is InChI=1S/C19H22FN5O4S/c1-10-9-25(6-7-29-10)19-16-15(22-11(2)23-19)17(18(21)24-16)30(26,27)14-8-12(28-3)4-5-13(14)20/h4-5,8,10,24H,6-7,9,21H2,1-3H3. The van der Waals surface area contributed by atoms with Gasteiger partial charge in [0.05, 0.1) is 19.8 Å². The normalized spacial score (nSPS) is 17.5. The zero-order valence-electron chi connectivity index (χ0n) is 16.8. The van der Waals surface area contributed by atoms with E-state index in [9.17, 15) is 12.8 Å². The van der Waals surface area contributed by atoms with Crippen LogP contribution in [0.5, 0.6) is 5.75 Å². The fraction of sp³-hybridized carbons (Fsp3) is 0.368. The molecule has 1 atom stereocenters. The van der Waals surface area contributed by atoms with Gasteiger partial charge in [-0.3, -0.25) is 0 Å². The average molecular weight is 435 g/mol. The van der Waals surface area contributed by atoms with Crippen LogP contribution in [0.4, 0.5) is 16.0 Å². The Labute approximate surface area is 172 Å². The number of nitrogens with zero attached hydrogens (tertiary/aromatic N) is 3. The van der Waals surface area contributed by atoms with E-state index >= 15 is 0 Å². The third kappa shape index (κ3) is 3.33. The Hall–Kier alpha value is -2.92. The van der Waals surface area contributed by atoms with E-state index in [0.717, 1.165) is 12.1 Å². The lowest BCUT2D eigenvalue weighted by molar-refractivity contribution is 0.0530. The Balaban J connectivity index is 1.94. The highest BCUT2D eigenvalue weighted by Gasteiger charge is 2.32. The molecule has 3 aromatic rings. The Bertz CT molecular complexity index is 1230. The number of morpholine rings is 1. The lowest BCUT2D eigenvalue weighted by atomic mass is 10.3. The summed E-state index contributed by atoms with van der Waals surface area (Å²) in [6.07, 6.45) is -0.00883. The maximum Gasteiger partial charge on any atom is 0.215 e. The topological polar surface area (TPSA) is 123 Å². The fourth-order valence-electron chi connectivity index (χ4n) is 3.59. The molecule has 0 amide bonds. The Morgan fingerprint density at radius 3 is 2.83 bits per heavy atom. The summed E-state index contributed by atoms with van der Waals surface area (Å²) in [7, 11) is -2.97. The second-order valence-electron chi connectivity index (χ2n) is 7.11. The molecule has 1 unspecified atom stereocenters. The molecule has 11 heteroatoms. The molecule has 30 heavy (non-hydrogen) atoms. The molecule has 1 aromatic carbocycles. The summed E-state index contributed by atoms with van der Waals surface area (Å²) in [5, 5.41) is 0. The van der Waals surface area contributed by atoms with Crippen LogP contribution in [0.3, 0.4) is 0 Å². The van der Waals surface area contributed by atoms with Crippen molar-refractivity contribution in [3.8, 4) is 5.75 Å². The number of halogens is 1. The average Bonchev–Trinajstić information content (AvgIpc) is 3.03. The lowest BCUT2D eigenvalue weighted by Crippen LogP contribution is -2.41. The zero-order chi connectivity index (χ0) is 21.6. The minimum atomic E-state index is -4.34. The van der Waals surface area contributed by atoms with Gasteiger partial charge in [-0.25, -0.2) is 22.8 Å². The van der Waals surface area contributed by atoms with E-state index in [1.54, 1.807) is 6.92 Å². The summed E-state index contributed by atoms with van der Waals surface area (Å²) < 4.78 is 51.9. The number of methoxy groups -OCH3 is 1. The SMILES string of the molecule is COc1ccc(F)c(S(=O)(=O)c2c(N)[nH]c3c(N4CCOC(C)C4)nc(C)nc23)c1. The number of H-pyrrole nitrogens is 1. The number of aromatic nitrogens is 3. The first kappa shape index (κ1) is 20.4. The quantitative estimate of drug-likeness (QED) is 0.638. The highest BCUT2D eigenvalue weighted by Crippen LogP contribution is 2.37. The van der Waals surface area contributed by atoms with Crippen molar-refractivity contribution < 1.29 is 22.3 Å². The first-order valence-electron chi connectivity index (χ1n) is 9.33. The molecule has 0 radical (unpaired) electrons. The van der Waals surface area contributed by atoms with Crippen LogP contribution in [0.25, 0.3) is 11.0 Å². The number of aryl methyl sites for hydroxylation is 1. The number of aromatic amines is 1. The smallest absolute Gasteiger partial charge is 0.215 e. The van der Waals surface area contributed by atoms with Crippen LogP contribution in [0.15, 0.2) is 28.0 Å². The molecule has 3 heterocycles. The monoisotopic (exact) mass is 435 g/mol. The Kier molecular flexibility index (Phi) is 5.02. The number of ether oxygens (including phenoxy) is 2. The van der Waals surface area contributed by atoms with Crippen LogP contribution in [0.2, 0.25) is 0 Å². The van der Waals surface area contributed by atoms with E-state index in [4.69, 9.17) is 15.2 Å². The molecule has 1 aliphatic heterocycles. The lowest BCUT2D eigenvalue weighted by Gasteiger charge is -2.32. The third-order valence-electron chi connectivity index (χ3n) is 4.96. The molecule has 1 aliphatic rings.